The molecule has 0 fully saturated rings. The van der Waals surface area contributed by atoms with Crippen LogP contribution in [0.4, 0.5) is 5.69 Å². The van der Waals surface area contributed by atoms with Crippen LogP contribution in [0.25, 0.3) is 0 Å². The summed E-state index contributed by atoms with van der Waals surface area (Å²) < 4.78 is 0. The van der Waals surface area contributed by atoms with E-state index in [0.717, 1.165) is 0 Å². The first-order chi connectivity index (χ1) is 6.13. The lowest BCUT2D eigenvalue weighted by Crippen LogP contribution is -1.99. The van der Waals surface area contributed by atoms with E-state index >= 15 is 0 Å². The number of nitrogen functional groups attached to an aromatic ring is 1. The lowest BCUT2D eigenvalue weighted by molar-refractivity contribution is 1.45. The molecule has 0 saturated carbocycles. The topological polar surface area (TPSA) is 49.9 Å². The number of hydrogen-bond acceptors (Lipinski definition) is 2. The molecule has 72 valence electrons. The van der Waals surface area contributed by atoms with Crippen molar-refractivity contribution < 1.29 is 0 Å². The molecule has 1 rings (SSSR count). The number of hydrogen-bond donors (Lipinski definition) is 2. The average Bonchev–Trinajstić information content (AvgIpc) is 2.13. The average molecular weight is 199 g/mol. The van der Waals surface area contributed by atoms with Crippen molar-refractivity contribution in [3.05, 3.63) is 28.8 Å². The highest BCUT2D eigenvalue weighted by Gasteiger charge is 2.02. The summed E-state index contributed by atoms with van der Waals surface area (Å²) in [4.78, 5) is 0. The van der Waals surface area contributed by atoms with Crippen LogP contribution in [0.5, 0.6) is 0 Å². The van der Waals surface area contributed by atoms with Crippen molar-refractivity contribution >= 4 is 23.0 Å². The van der Waals surface area contributed by atoms with Crippen LogP contribution in [0, 0.1) is 5.41 Å². The molecule has 1 aromatic rings. The molecule has 13 heavy (non-hydrogen) atoms. The highest BCUT2D eigenvalue weighted by atomic mass is 35.5. The Morgan fingerprint density at radius 2 is 1.92 bits per heavy atom. The normalized spacial score (nSPS) is 8.62. The Morgan fingerprint density at radius 3 is 2.31 bits per heavy atom. The molecule has 3 heteroatoms. The number of benzene rings is 1. The maximum atomic E-state index is 7.33. The van der Waals surface area contributed by atoms with Gasteiger partial charge in [-0.25, -0.2) is 0 Å². The molecular formula is C10H15ClN2. The van der Waals surface area contributed by atoms with Gasteiger partial charge in [-0.3, -0.25) is 0 Å². The number of anilines is 1. The van der Waals surface area contributed by atoms with Crippen LogP contribution >= 0.6 is 11.6 Å². The van der Waals surface area contributed by atoms with Gasteiger partial charge in [0.15, 0.2) is 0 Å². The van der Waals surface area contributed by atoms with Gasteiger partial charge in [0.1, 0.15) is 0 Å². The highest BCUT2D eigenvalue weighted by molar-refractivity contribution is 6.34. The van der Waals surface area contributed by atoms with E-state index in [-0.39, 0.29) is 0 Å². The number of rotatable bonds is 1. The summed E-state index contributed by atoms with van der Waals surface area (Å²) in [5.41, 5.74) is 7.24. The third-order valence-electron chi connectivity index (χ3n) is 1.46. The molecule has 2 nitrogen and oxygen atoms in total. The Morgan fingerprint density at radius 1 is 1.38 bits per heavy atom. The predicted octanol–water partition coefficient (Wildman–Crippen LogP) is 3.34. The van der Waals surface area contributed by atoms with E-state index in [2.05, 4.69) is 0 Å². The van der Waals surface area contributed by atoms with Crippen molar-refractivity contribution in [2.75, 3.05) is 5.73 Å². The van der Waals surface area contributed by atoms with Crippen LogP contribution < -0.4 is 5.73 Å². The van der Waals surface area contributed by atoms with Crippen molar-refractivity contribution in [3.63, 3.8) is 0 Å². The summed E-state index contributed by atoms with van der Waals surface area (Å²) in [6.07, 6.45) is 0. The molecule has 0 aromatic heterocycles. The maximum absolute atomic E-state index is 7.33. The molecule has 3 N–H and O–H groups in total. The molecule has 1 aromatic carbocycles. The molecule has 0 bridgehead atoms. The van der Waals surface area contributed by atoms with Crippen LogP contribution in [0.15, 0.2) is 18.2 Å². The highest BCUT2D eigenvalue weighted by Crippen LogP contribution is 2.22. The van der Waals surface area contributed by atoms with E-state index in [1.54, 1.807) is 25.1 Å². The fraction of sp³-hybridized carbons (Fsp3) is 0.300. The quantitative estimate of drug-likeness (QED) is 0.528. The fourth-order valence-corrected chi connectivity index (χ4v) is 1.04. The van der Waals surface area contributed by atoms with E-state index in [1.807, 2.05) is 13.8 Å². The summed E-state index contributed by atoms with van der Waals surface area (Å²) in [6, 6.07) is 5.28. The number of nitrogens with one attached hydrogen (secondary N) is 1. The lowest BCUT2D eigenvalue weighted by atomic mass is 10.1. The summed E-state index contributed by atoms with van der Waals surface area (Å²) in [6.45, 7) is 5.68. The van der Waals surface area contributed by atoms with Gasteiger partial charge in [-0.1, -0.05) is 37.6 Å². The van der Waals surface area contributed by atoms with E-state index in [9.17, 15) is 0 Å². The second-order valence-electron chi connectivity index (χ2n) is 2.33. The summed E-state index contributed by atoms with van der Waals surface area (Å²) in [7, 11) is 0. The maximum Gasteiger partial charge on any atom is 0.0642 e. The van der Waals surface area contributed by atoms with Crippen molar-refractivity contribution in [1.29, 1.82) is 5.41 Å². The monoisotopic (exact) mass is 198 g/mol. The van der Waals surface area contributed by atoms with Crippen molar-refractivity contribution in [2.45, 2.75) is 20.8 Å². The third kappa shape index (κ3) is 3.07. The Kier molecular flexibility index (Phi) is 5.16. The molecule has 0 aliphatic carbocycles. The minimum Gasteiger partial charge on any atom is -0.397 e. The number of halogens is 1. The number of nitrogens with two attached hydrogens (primary N) is 1. The third-order valence-corrected chi connectivity index (χ3v) is 1.79. The fourth-order valence-electron chi connectivity index (χ4n) is 0.864. The molecule has 0 radical (unpaired) electrons. The van der Waals surface area contributed by atoms with Gasteiger partial charge < -0.3 is 11.1 Å². The van der Waals surface area contributed by atoms with Gasteiger partial charge in [-0.2, -0.15) is 0 Å². The minimum atomic E-state index is 0.435. The van der Waals surface area contributed by atoms with Gasteiger partial charge in [0, 0.05) is 11.3 Å². The molecule has 0 amide bonds. The molecular weight excluding hydrogens is 184 g/mol. The van der Waals surface area contributed by atoms with E-state index in [4.69, 9.17) is 22.7 Å². The van der Waals surface area contributed by atoms with Gasteiger partial charge in [0.05, 0.1) is 10.7 Å². The molecule has 0 heterocycles. The zero-order chi connectivity index (χ0) is 10.4. The van der Waals surface area contributed by atoms with Gasteiger partial charge in [-0.05, 0) is 13.0 Å². The molecule has 0 spiro atoms. The van der Waals surface area contributed by atoms with Gasteiger partial charge >= 0.3 is 0 Å². The molecule has 0 aliphatic rings. The second kappa shape index (κ2) is 5.60. The first kappa shape index (κ1) is 12.0. The smallest absolute Gasteiger partial charge is 0.0642 e. The Bertz CT molecular complexity index is 295. The van der Waals surface area contributed by atoms with Crippen LogP contribution in [0.3, 0.4) is 0 Å². The van der Waals surface area contributed by atoms with Gasteiger partial charge in [0.2, 0.25) is 0 Å². The van der Waals surface area contributed by atoms with Gasteiger partial charge in [0.25, 0.3) is 0 Å². The van der Waals surface area contributed by atoms with Crippen LogP contribution in [-0.4, -0.2) is 5.71 Å². The van der Waals surface area contributed by atoms with Crippen LogP contribution in [0.2, 0.25) is 5.02 Å². The molecule has 0 saturated heterocycles. The summed E-state index contributed by atoms with van der Waals surface area (Å²) in [5, 5.41) is 7.84. The Balaban J connectivity index is 0.000000671. The largest absolute Gasteiger partial charge is 0.397 e. The van der Waals surface area contributed by atoms with Crippen LogP contribution in [0.1, 0.15) is 26.3 Å². The predicted molar refractivity (Wildman–Crippen MR) is 59.7 cm³/mol. The van der Waals surface area contributed by atoms with Gasteiger partial charge in [-0.15, -0.1) is 0 Å². The lowest BCUT2D eigenvalue weighted by Gasteiger charge is -2.03. The minimum absolute atomic E-state index is 0.435. The first-order valence-corrected chi connectivity index (χ1v) is 4.60. The molecule has 0 aliphatic heterocycles. The Hall–Kier alpha value is -1.02. The summed E-state index contributed by atoms with van der Waals surface area (Å²) >= 11 is 5.74. The van der Waals surface area contributed by atoms with Crippen molar-refractivity contribution in [3.8, 4) is 0 Å². The standard InChI is InChI=1S/C8H9ClN2.C2H6/c1-5(10)6-3-2-4-7(9)8(6)11;1-2/h2-4,10H,11H2,1H3;1-2H3. The van der Waals surface area contributed by atoms with E-state index in [1.165, 1.54) is 0 Å². The molecule has 0 unspecified atom stereocenters. The first-order valence-electron chi connectivity index (χ1n) is 4.22. The zero-order valence-corrected chi connectivity index (χ0v) is 8.94. The number of para-hydroxylation sites is 1. The van der Waals surface area contributed by atoms with E-state index < -0.39 is 0 Å². The second-order valence-corrected chi connectivity index (χ2v) is 2.73. The van der Waals surface area contributed by atoms with Crippen LogP contribution in [-0.2, 0) is 0 Å². The van der Waals surface area contributed by atoms with E-state index in [0.29, 0.717) is 22.0 Å². The zero-order valence-electron chi connectivity index (χ0n) is 8.19. The van der Waals surface area contributed by atoms with Crippen molar-refractivity contribution in [1.82, 2.24) is 0 Å². The summed E-state index contributed by atoms with van der Waals surface area (Å²) in [5.74, 6) is 0. The molecule has 0 atom stereocenters. The van der Waals surface area contributed by atoms with Crippen molar-refractivity contribution in [2.24, 2.45) is 0 Å². The Labute approximate surface area is 84.2 Å². The SMILES string of the molecule is CC.CC(=N)c1cccc(Cl)c1N.